The summed E-state index contributed by atoms with van der Waals surface area (Å²) in [6.07, 6.45) is -4.47. The third-order valence-electron chi connectivity index (χ3n) is 2.86. The fraction of sp³-hybridized carbons (Fsp3) is 0.133. The molecule has 2 rings (SSSR count). The number of ether oxygens (including phenoxy) is 1. The van der Waals surface area contributed by atoms with Gasteiger partial charge in [0.15, 0.2) is 0 Å². The number of hydrogen-bond acceptors (Lipinski definition) is 2. The summed E-state index contributed by atoms with van der Waals surface area (Å²) in [6.45, 7) is 0. The number of benzene rings is 2. The van der Waals surface area contributed by atoms with Gasteiger partial charge in [0, 0.05) is 11.4 Å². The van der Waals surface area contributed by atoms with Gasteiger partial charge in [0.1, 0.15) is 5.75 Å². The van der Waals surface area contributed by atoms with E-state index in [0.29, 0.717) is 16.5 Å². The van der Waals surface area contributed by atoms with Crippen molar-refractivity contribution in [3.8, 4) is 5.75 Å². The van der Waals surface area contributed by atoms with Gasteiger partial charge in [0.2, 0.25) is 0 Å². The summed E-state index contributed by atoms with van der Waals surface area (Å²) >= 11 is 5.92. The van der Waals surface area contributed by atoms with Crippen LogP contribution >= 0.6 is 11.6 Å². The summed E-state index contributed by atoms with van der Waals surface area (Å²) in [6, 6.07) is 8.22. The zero-order chi connectivity index (χ0) is 17.0. The molecular formula is C15H12ClF3N2O2. The van der Waals surface area contributed by atoms with Gasteiger partial charge in [-0.3, -0.25) is 0 Å². The molecule has 2 N–H and O–H groups in total. The lowest BCUT2D eigenvalue weighted by Gasteiger charge is -2.11. The number of halogens is 4. The van der Waals surface area contributed by atoms with Gasteiger partial charge in [-0.25, -0.2) is 4.79 Å². The molecule has 2 aromatic rings. The van der Waals surface area contributed by atoms with Crippen LogP contribution in [0, 0.1) is 0 Å². The molecule has 0 unspecified atom stereocenters. The first kappa shape index (κ1) is 17.0. The van der Waals surface area contributed by atoms with E-state index in [1.807, 2.05) is 0 Å². The molecule has 8 heteroatoms. The van der Waals surface area contributed by atoms with E-state index in [9.17, 15) is 18.0 Å². The average molecular weight is 345 g/mol. The minimum atomic E-state index is -4.47. The molecule has 0 saturated carbocycles. The summed E-state index contributed by atoms with van der Waals surface area (Å²) in [5.74, 6) is 0.440. The molecule has 4 nitrogen and oxygen atoms in total. The van der Waals surface area contributed by atoms with Crippen LogP contribution in [0.4, 0.5) is 29.3 Å². The van der Waals surface area contributed by atoms with Crippen LogP contribution in [0.25, 0.3) is 0 Å². The van der Waals surface area contributed by atoms with Crippen molar-refractivity contribution in [1.29, 1.82) is 0 Å². The van der Waals surface area contributed by atoms with Gasteiger partial charge in [-0.05, 0) is 36.4 Å². The van der Waals surface area contributed by atoms with Crippen LogP contribution in [-0.2, 0) is 6.18 Å². The molecule has 0 saturated heterocycles. The standard InChI is InChI=1S/C15H12ClF3N2O2/c1-23-13-6-5-11(8-12(13)16)21-14(22)20-10-4-2-3-9(7-10)15(17,18)19/h2-8H,1H3,(H2,20,21,22). The van der Waals surface area contributed by atoms with Crippen LogP contribution in [0.2, 0.25) is 5.02 Å². The molecule has 0 heterocycles. The zero-order valence-electron chi connectivity index (χ0n) is 11.9. The lowest BCUT2D eigenvalue weighted by Crippen LogP contribution is -2.19. The van der Waals surface area contributed by atoms with E-state index >= 15 is 0 Å². The molecule has 2 amide bonds. The van der Waals surface area contributed by atoms with Crippen molar-refractivity contribution >= 4 is 29.0 Å². The minimum absolute atomic E-state index is 0.0249. The molecule has 0 fully saturated rings. The maximum Gasteiger partial charge on any atom is 0.416 e. The molecule has 0 aliphatic rings. The number of rotatable bonds is 3. The zero-order valence-corrected chi connectivity index (χ0v) is 12.6. The molecule has 122 valence electrons. The van der Waals surface area contributed by atoms with E-state index in [1.165, 1.54) is 25.3 Å². The van der Waals surface area contributed by atoms with E-state index in [0.717, 1.165) is 12.1 Å². The van der Waals surface area contributed by atoms with Crippen molar-refractivity contribution in [3.05, 3.63) is 53.1 Å². The van der Waals surface area contributed by atoms with Crippen molar-refractivity contribution in [2.45, 2.75) is 6.18 Å². The number of carbonyl (C=O) groups is 1. The fourth-order valence-electron chi connectivity index (χ4n) is 1.81. The van der Waals surface area contributed by atoms with Gasteiger partial charge in [-0.2, -0.15) is 13.2 Å². The normalized spacial score (nSPS) is 11.0. The van der Waals surface area contributed by atoms with E-state index < -0.39 is 17.8 Å². The summed E-state index contributed by atoms with van der Waals surface area (Å²) in [5.41, 5.74) is -0.444. The number of carbonyl (C=O) groups excluding carboxylic acids is 1. The Morgan fingerprint density at radius 1 is 1.09 bits per heavy atom. The Balaban J connectivity index is 2.07. The quantitative estimate of drug-likeness (QED) is 0.822. The topological polar surface area (TPSA) is 50.4 Å². The molecular weight excluding hydrogens is 333 g/mol. The second kappa shape index (κ2) is 6.78. The molecule has 0 bridgehead atoms. The van der Waals surface area contributed by atoms with E-state index in [4.69, 9.17) is 16.3 Å². The second-order valence-electron chi connectivity index (χ2n) is 4.51. The number of nitrogens with one attached hydrogen (secondary N) is 2. The van der Waals surface area contributed by atoms with Crippen LogP contribution in [0.5, 0.6) is 5.75 Å². The predicted molar refractivity (Wildman–Crippen MR) is 82.1 cm³/mol. The second-order valence-corrected chi connectivity index (χ2v) is 4.91. The largest absolute Gasteiger partial charge is 0.495 e. The molecule has 0 spiro atoms. The summed E-state index contributed by atoms with van der Waals surface area (Å²) in [5, 5.41) is 5.09. The van der Waals surface area contributed by atoms with Crippen LogP contribution in [0.3, 0.4) is 0 Å². The van der Waals surface area contributed by atoms with Crippen molar-refractivity contribution in [3.63, 3.8) is 0 Å². The van der Waals surface area contributed by atoms with Crippen LogP contribution in [0.15, 0.2) is 42.5 Å². The highest BCUT2D eigenvalue weighted by molar-refractivity contribution is 6.32. The maximum absolute atomic E-state index is 12.6. The van der Waals surface area contributed by atoms with Crippen molar-refractivity contribution in [2.24, 2.45) is 0 Å². The summed E-state index contributed by atoms with van der Waals surface area (Å²) in [7, 11) is 1.45. The number of hydrogen-bond donors (Lipinski definition) is 2. The smallest absolute Gasteiger partial charge is 0.416 e. The third-order valence-corrected chi connectivity index (χ3v) is 3.15. The van der Waals surface area contributed by atoms with Crippen molar-refractivity contribution < 1.29 is 22.7 Å². The highest BCUT2D eigenvalue weighted by Crippen LogP contribution is 2.31. The van der Waals surface area contributed by atoms with Gasteiger partial charge in [0.25, 0.3) is 0 Å². The van der Waals surface area contributed by atoms with Gasteiger partial charge in [-0.1, -0.05) is 17.7 Å². The first-order valence-corrected chi connectivity index (χ1v) is 6.76. The van der Waals surface area contributed by atoms with Gasteiger partial charge < -0.3 is 15.4 Å². The molecule has 0 aliphatic carbocycles. The van der Waals surface area contributed by atoms with E-state index in [1.54, 1.807) is 12.1 Å². The Kier molecular flexibility index (Phi) is 5.00. The Bertz CT molecular complexity index is 720. The predicted octanol–water partition coefficient (Wildman–Crippen LogP) is 5.01. The Hall–Kier alpha value is -2.41. The van der Waals surface area contributed by atoms with Crippen LogP contribution in [-0.4, -0.2) is 13.1 Å². The maximum atomic E-state index is 12.6. The third kappa shape index (κ3) is 4.53. The molecule has 0 atom stereocenters. The van der Waals surface area contributed by atoms with Crippen LogP contribution in [0.1, 0.15) is 5.56 Å². The molecule has 0 radical (unpaired) electrons. The minimum Gasteiger partial charge on any atom is -0.495 e. The first-order chi connectivity index (χ1) is 10.8. The number of anilines is 2. The molecule has 0 aromatic heterocycles. The van der Waals surface area contributed by atoms with E-state index in [-0.39, 0.29) is 5.69 Å². The van der Waals surface area contributed by atoms with Gasteiger partial charge in [0.05, 0.1) is 17.7 Å². The highest BCUT2D eigenvalue weighted by Gasteiger charge is 2.30. The highest BCUT2D eigenvalue weighted by atomic mass is 35.5. The monoisotopic (exact) mass is 344 g/mol. The Morgan fingerprint density at radius 2 is 1.74 bits per heavy atom. The fourth-order valence-corrected chi connectivity index (χ4v) is 2.07. The summed E-state index contributed by atoms with van der Waals surface area (Å²) in [4.78, 5) is 11.8. The SMILES string of the molecule is COc1ccc(NC(=O)Nc2cccc(C(F)(F)F)c2)cc1Cl. The Labute approximate surface area is 135 Å². The van der Waals surface area contributed by atoms with Crippen molar-refractivity contribution in [2.75, 3.05) is 17.7 Å². The van der Waals surface area contributed by atoms with E-state index in [2.05, 4.69) is 10.6 Å². The number of urea groups is 1. The molecule has 2 aromatic carbocycles. The summed E-state index contributed by atoms with van der Waals surface area (Å²) < 4.78 is 42.8. The lowest BCUT2D eigenvalue weighted by atomic mass is 10.2. The van der Waals surface area contributed by atoms with Gasteiger partial charge in [-0.15, -0.1) is 0 Å². The molecule has 23 heavy (non-hydrogen) atoms. The molecule has 0 aliphatic heterocycles. The van der Waals surface area contributed by atoms with Gasteiger partial charge >= 0.3 is 12.2 Å². The van der Waals surface area contributed by atoms with Crippen LogP contribution < -0.4 is 15.4 Å². The van der Waals surface area contributed by atoms with Crippen molar-refractivity contribution in [1.82, 2.24) is 0 Å². The number of amides is 2. The number of alkyl halides is 3. The lowest BCUT2D eigenvalue weighted by molar-refractivity contribution is -0.137. The first-order valence-electron chi connectivity index (χ1n) is 6.38. The Morgan fingerprint density at radius 3 is 2.30 bits per heavy atom. The average Bonchev–Trinajstić information content (AvgIpc) is 2.46. The number of methoxy groups -OCH3 is 1.